The number of carbonyl (C=O) groups is 1. The lowest BCUT2D eigenvalue weighted by atomic mass is 10.2. The van der Waals surface area contributed by atoms with Gasteiger partial charge in [0.2, 0.25) is 0 Å². The zero-order valence-corrected chi connectivity index (χ0v) is 12.1. The molecule has 0 aliphatic heterocycles. The van der Waals surface area contributed by atoms with Crippen LogP contribution in [0.5, 0.6) is 0 Å². The number of halogens is 1. The van der Waals surface area contributed by atoms with Crippen LogP contribution in [0.4, 0.5) is 14.9 Å². The Morgan fingerprint density at radius 2 is 2.00 bits per heavy atom. The molecule has 2 heterocycles. The van der Waals surface area contributed by atoms with Gasteiger partial charge in [0.1, 0.15) is 18.0 Å². The van der Waals surface area contributed by atoms with Crippen LogP contribution in [0.1, 0.15) is 5.56 Å². The van der Waals surface area contributed by atoms with Crippen molar-refractivity contribution in [1.29, 1.82) is 0 Å². The number of aromatic nitrogens is 3. The highest BCUT2D eigenvalue weighted by molar-refractivity contribution is 5.89. The highest BCUT2D eigenvalue weighted by Gasteiger charge is 2.04. The van der Waals surface area contributed by atoms with Crippen molar-refractivity contribution in [2.24, 2.45) is 0 Å². The first-order valence-electron chi connectivity index (χ1n) is 6.94. The normalized spacial score (nSPS) is 10.3. The first-order valence-corrected chi connectivity index (χ1v) is 6.94. The number of hydrogen-bond acceptors (Lipinski definition) is 3. The van der Waals surface area contributed by atoms with Gasteiger partial charge in [0.25, 0.3) is 0 Å². The number of anilines is 1. The fourth-order valence-electron chi connectivity index (χ4n) is 2.00. The largest absolute Gasteiger partial charge is 0.334 e. The van der Waals surface area contributed by atoms with Gasteiger partial charge in [-0.15, -0.1) is 0 Å². The summed E-state index contributed by atoms with van der Waals surface area (Å²) in [6, 6.07) is 8.89. The van der Waals surface area contributed by atoms with E-state index < -0.39 is 0 Å². The number of benzene rings is 1. The molecule has 0 saturated heterocycles. The van der Waals surface area contributed by atoms with Crippen LogP contribution in [0.3, 0.4) is 0 Å². The van der Waals surface area contributed by atoms with E-state index in [1.54, 1.807) is 29.5 Å². The van der Waals surface area contributed by atoms with Crippen LogP contribution in [0.25, 0.3) is 5.82 Å². The number of urea groups is 1. The number of rotatable bonds is 4. The van der Waals surface area contributed by atoms with Gasteiger partial charge in [0.05, 0.1) is 0 Å². The van der Waals surface area contributed by atoms with E-state index in [0.717, 1.165) is 11.4 Å². The second-order valence-corrected chi connectivity index (χ2v) is 4.81. The smallest absolute Gasteiger partial charge is 0.319 e. The van der Waals surface area contributed by atoms with Crippen LogP contribution >= 0.6 is 0 Å². The van der Waals surface area contributed by atoms with Gasteiger partial charge in [0, 0.05) is 30.8 Å². The molecule has 6 nitrogen and oxygen atoms in total. The molecular weight excluding hydrogens is 297 g/mol. The molecule has 0 aliphatic carbocycles. The maximum atomic E-state index is 12.8. The summed E-state index contributed by atoms with van der Waals surface area (Å²) < 4.78 is 14.6. The fourth-order valence-corrected chi connectivity index (χ4v) is 2.00. The van der Waals surface area contributed by atoms with Crippen molar-refractivity contribution in [3.63, 3.8) is 0 Å². The molecule has 0 aliphatic rings. The van der Waals surface area contributed by atoms with E-state index in [4.69, 9.17) is 0 Å². The number of nitrogens with zero attached hydrogens (tertiary/aromatic N) is 3. The van der Waals surface area contributed by atoms with Crippen LogP contribution in [-0.2, 0) is 6.54 Å². The summed E-state index contributed by atoms with van der Waals surface area (Å²) in [7, 11) is 0. The minimum absolute atomic E-state index is 0.344. The van der Waals surface area contributed by atoms with Crippen molar-refractivity contribution in [3.8, 4) is 5.82 Å². The quantitative estimate of drug-likeness (QED) is 0.778. The maximum absolute atomic E-state index is 12.8. The number of pyridine rings is 1. The van der Waals surface area contributed by atoms with E-state index in [2.05, 4.69) is 20.6 Å². The van der Waals surface area contributed by atoms with Gasteiger partial charge in [0.15, 0.2) is 0 Å². The Morgan fingerprint density at radius 1 is 1.17 bits per heavy atom. The van der Waals surface area contributed by atoms with E-state index in [0.29, 0.717) is 12.2 Å². The molecule has 0 fully saturated rings. The zero-order chi connectivity index (χ0) is 16.1. The van der Waals surface area contributed by atoms with Crippen molar-refractivity contribution in [2.75, 3.05) is 5.32 Å². The van der Waals surface area contributed by atoms with Crippen molar-refractivity contribution in [1.82, 2.24) is 19.9 Å². The monoisotopic (exact) mass is 311 g/mol. The third kappa shape index (κ3) is 3.91. The minimum atomic E-state index is -0.363. The van der Waals surface area contributed by atoms with Gasteiger partial charge in [-0.1, -0.05) is 0 Å². The molecule has 2 N–H and O–H groups in total. The summed E-state index contributed by atoms with van der Waals surface area (Å²) in [5, 5.41) is 5.37. The molecule has 0 radical (unpaired) electrons. The third-order valence-corrected chi connectivity index (χ3v) is 3.13. The summed E-state index contributed by atoms with van der Waals surface area (Å²) in [4.78, 5) is 20.1. The Bertz CT molecular complexity index is 786. The van der Waals surface area contributed by atoms with E-state index in [-0.39, 0.29) is 11.8 Å². The average Bonchev–Trinajstić information content (AvgIpc) is 3.10. The molecule has 116 valence electrons. The summed E-state index contributed by atoms with van der Waals surface area (Å²) in [5.74, 6) is 0.375. The Balaban J connectivity index is 1.58. The predicted octanol–water partition coefficient (Wildman–Crippen LogP) is 2.73. The highest BCUT2D eigenvalue weighted by atomic mass is 19.1. The second-order valence-electron chi connectivity index (χ2n) is 4.81. The number of amides is 2. The number of hydrogen-bond donors (Lipinski definition) is 2. The number of imidazole rings is 1. The summed E-state index contributed by atoms with van der Waals surface area (Å²) in [5.41, 5.74) is 1.43. The lowest BCUT2D eigenvalue weighted by molar-refractivity contribution is 0.251. The van der Waals surface area contributed by atoms with E-state index in [1.165, 1.54) is 24.3 Å². The van der Waals surface area contributed by atoms with Gasteiger partial charge in [-0.25, -0.2) is 19.2 Å². The van der Waals surface area contributed by atoms with Gasteiger partial charge >= 0.3 is 6.03 Å². The van der Waals surface area contributed by atoms with Gasteiger partial charge in [-0.2, -0.15) is 0 Å². The Labute approximate surface area is 132 Å². The molecular formula is C16H14FN5O. The summed E-state index contributed by atoms with van der Waals surface area (Å²) in [6.07, 6.45) is 6.79. The van der Waals surface area contributed by atoms with E-state index in [9.17, 15) is 9.18 Å². The summed E-state index contributed by atoms with van der Waals surface area (Å²) >= 11 is 0. The van der Waals surface area contributed by atoms with Crippen LogP contribution in [-0.4, -0.2) is 20.6 Å². The molecule has 0 atom stereocenters. The number of nitrogens with one attached hydrogen (secondary N) is 2. The third-order valence-electron chi connectivity index (χ3n) is 3.13. The molecule has 3 aromatic rings. The maximum Gasteiger partial charge on any atom is 0.319 e. The minimum Gasteiger partial charge on any atom is -0.334 e. The summed E-state index contributed by atoms with van der Waals surface area (Å²) in [6.45, 7) is 0.344. The Kier molecular flexibility index (Phi) is 4.28. The van der Waals surface area contributed by atoms with Gasteiger partial charge < -0.3 is 10.6 Å². The fraction of sp³-hybridized carbons (Fsp3) is 0.0625. The first-order chi connectivity index (χ1) is 11.2. The average molecular weight is 311 g/mol. The van der Waals surface area contributed by atoms with Gasteiger partial charge in [-0.3, -0.25) is 4.57 Å². The first kappa shape index (κ1) is 14.7. The van der Waals surface area contributed by atoms with Crippen molar-refractivity contribution in [3.05, 3.63) is 72.7 Å². The highest BCUT2D eigenvalue weighted by Crippen LogP contribution is 2.09. The Morgan fingerprint density at radius 3 is 2.74 bits per heavy atom. The molecule has 0 unspecified atom stereocenters. The predicted molar refractivity (Wildman–Crippen MR) is 83.6 cm³/mol. The van der Waals surface area contributed by atoms with Crippen molar-refractivity contribution >= 4 is 11.7 Å². The molecule has 2 aromatic heterocycles. The lowest BCUT2D eigenvalue weighted by Gasteiger charge is -2.09. The van der Waals surface area contributed by atoms with Crippen molar-refractivity contribution in [2.45, 2.75) is 6.54 Å². The van der Waals surface area contributed by atoms with Crippen LogP contribution in [0.2, 0.25) is 0 Å². The van der Waals surface area contributed by atoms with Crippen LogP contribution in [0.15, 0.2) is 61.3 Å². The van der Waals surface area contributed by atoms with Crippen LogP contribution in [0, 0.1) is 5.82 Å². The molecule has 0 saturated carbocycles. The lowest BCUT2D eigenvalue weighted by Crippen LogP contribution is -2.28. The van der Waals surface area contributed by atoms with E-state index in [1.807, 2.05) is 12.1 Å². The second kappa shape index (κ2) is 6.69. The molecule has 2 amide bonds. The Hall–Kier alpha value is -3.22. The number of carbonyl (C=O) groups excluding carboxylic acids is 1. The standard InChI is InChI=1S/C16H14FN5O/c17-13-1-3-14(4-2-13)21-16(23)20-10-12-5-6-19-15(9-12)22-8-7-18-11-22/h1-9,11H,10H2,(H2,20,21,23). The molecule has 1 aromatic carbocycles. The molecule has 0 bridgehead atoms. The van der Waals surface area contributed by atoms with Gasteiger partial charge in [-0.05, 0) is 42.0 Å². The molecule has 3 rings (SSSR count). The zero-order valence-electron chi connectivity index (χ0n) is 12.1. The topological polar surface area (TPSA) is 71.8 Å². The molecule has 23 heavy (non-hydrogen) atoms. The van der Waals surface area contributed by atoms with Crippen LogP contribution < -0.4 is 10.6 Å². The molecule has 7 heteroatoms. The SMILES string of the molecule is O=C(NCc1ccnc(-n2ccnc2)c1)Nc1ccc(F)cc1. The van der Waals surface area contributed by atoms with Crippen molar-refractivity contribution < 1.29 is 9.18 Å². The van der Waals surface area contributed by atoms with E-state index >= 15 is 0 Å². The molecule has 0 spiro atoms.